The van der Waals surface area contributed by atoms with Crippen LogP contribution >= 0.6 is 34.4 Å². The largest absolute Gasteiger partial charge is 0.465 e. The van der Waals surface area contributed by atoms with Gasteiger partial charge in [0.1, 0.15) is 10.6 Å². The molecule has 0 aliphatic rings. The summed E-state index contributed by atoms with van der Waals surface area (Å²) >= 11 is 4.31. The Balaban J connectivity index is 1.51. The van der Waals surface area contributed by atoms with E-state index in [4.69, 9.17) is 4.74 Å². The summed E-state index contributed by atoms with van der Waals surface area (Å²) < 4.78 is 6.89. The molecule has 10 heteroatoms. The predicted octanol–water partition coefficient (Wildman–Crippen LogP) is 5.41. The van der Waals surface area contributed by atoms with Crippen molar-refractivity contribution < 1.29 is 14.3 Å². The van der Waals surface area contributed by atoms with E-state index in [1.165, 1.54) is 35.1 Å². The lowest BCUT2D eigenvalue weighted by molar-refractivity contribution is -0.113. The van der Waals surface area contributed by atoms with Crippen LogP contribution in [-0.2, 0) is 16.6 Å². The lowest BCUT2D eigenvalue weighted by Crippen LogP contribution is -2.16. The molecule has 3 aromatic heterocycles. The van der Waals surface area contributed by atoms with Crippen LogP contribution in [0.15, 0.2) is 46.9 Å². The quantitative estimate of drug-likeness (QED) is 0.271. The minimum atomic E-state index is -0.481. The van der Waals surface area contributed by atoms with Crippen LogP contribution < -0.4 is 5.32 Å². The standard InChI is InChI=1S/C23H22N4O3S3/c1-13-10-16(11-31-13)20-25-26-23(27(20)3)32-12-17(28)24-21-19(22(29)30-4)18(14(2)33-21)15-8-6-5-7-9-15/h5-11H,12H2,1-4H3,(H,24,28). The number of esters is 1. The highest BCUT2D eigenvalue weighted by Gasteiger charge is 2.25. The highest BCUT2D eigenvalue weighted by atomic mass is 32.2. The van der Waals surface area contributed by atoms with Crippen LogP contribution in [0.1, 0.15) is 20.1 Å². The number of nitrogens with zero attached hydrogens (tertiary/aromatic N) is 3. The molecule has 1 aromatic carbocycles. The molecule has 0 aliphatic heterocycles. The second kappa shape index (κ2) is 9.90. The van der Waals surface area contributed by atoms with Crippen molar-refractivity contribution in [3.63, 3.8) is 0 Å². The molecule has 170 valence electrons. The smallest absolute Gasteiger partial charge is 0.341 e. The van der Waals surface area contributed by atoms with Crippen LogP contribution in [-0.4, -0.2) is 39.5 Å². The van der Waals surface area contributed by atoms with Crippen molar-refractivity contribution in [2.45, 2.75) is 19.0 Å². The molecule has 0 saturated carbocycles. The molecule has 33 heavy (non-hydrogen) atoms. The van der Waals surface area contributed by atoms with Crippen molar-refractivity contribution in [3.8, 4) is 22.5 Å². The van der Waals surface area contributed by atoms with E-state index in [-0.39, 0.29) is 11.7 Å². The number of amides is 1. The number of carbonyl (C=O) groups excluding carboxylic acids is 2. The summed E-state index contributed by atoms with van der Waals surface area (Å²) in [7, 11) is 3.22. The predicted molar refractivity (Wildman–Crippen MR) is 134 cm³/mol. The molecule has 0 unspecified atom stereocenters. The average molecular weight is 499 g/mol. The van der Waals surface area contributed by atoms with Crippen molar-refractivity contribution >= 4 is 51.3 Å². The molecule has 3 heterocycles. The summed E-state index contributed by atoms with van der Waals surface area (Å²) in [5.41, 5.74) is 3.06. The van der Waals surface area contributed by atoms with E-state index in [0.717, 1.165) is 27.4 Å². The van der Waals surface area contributed by atoms with E-state index in [1.807, 2.05) is 61.2 Å². The maximum atomic E-state index is 12.8. The molecule has 4 aromatic rings. The Kier molecular flexibility index (Phi) is 6.96. The van der Waals surface area contributed by atoms with Gasteiger partial charge in [-0.3, -0.25) is 4.79 Å². The minimum absolute atomic E-state index is 0.132. The highest BCUT2D eigenvalue weighted by Crippen LogP contribution is 2.40. The van der Waals surface area contributed by atoms with Gasteiger partial charge in [-0.1, -0.05) is 42.1 Å². The van der Waals surface area contributed by atoms with Crippen LogP contribution in [0.4, 0.5) is 5.00 Å². The third-order valence-corrected chi connectivity index (χ3v) is 7.85. The Morgan fingerprint density at radius 2 is 1.91 bits per heavy atom. The van der Waals surface area contributed by atoms with Crippen LogP contribution in [0.25, 0.3) is 22.5 Å². The molecule has 0 fully saturated rings. The number of rotatable bonds is 7. The normalized spacial score (nSPS) is 10.9. The zero-order valence-electron chi connectivity index (χ0n) is 18.5. The third-order valence-electron chi connectivity index (χ3n) is 4.95. The molecule has 0 radical (unpaired) electrons. The SMILES string of the molecule is COC(=O)c1c(NC(=O)CSc2nnc(-c3csc(C)c3)n2C)sc(C)c1-c1ccccc1. The van der Waals surface area contributed by atoms with Gasteiger partial charge < -0.3 is 14.6 Å². The van der Waals surface area contributed by atoms with Gasteiger partial charge in [-0.05, 0) is 25.5 Å². The summed E-state index contributed by atoms with van der Waals surface area (Å²) in [4.78, 5) is 27.5. The first-order valence-corrected chi connectivity index (χ1v) is 12.7. The summed E-state index contributed by atoms with van der Waals surface area (Å²) in [5, 5.41) is 14.5. The molecule has 7 nitrogen and oxygen atoms in total. The van der Waals surface area contributed by atoms with Gasteiger partial charge in [0, 0.05) is 33.3 Å². The molecular formula is C23H22N4O3S3. The van der Waals surface area contributed by atoms with E-state index >= 15 is 0 Å². The van der Waals surface area contributed by atoms with E-state index < -0.39 is 5.97 Å². The van der Waals surface area contributed by atoms with Gasteiger partial charge in [0.15, 0.2) is 11.0 Å². The number of benzene rings is 1. The number of hydrogen-bond acceptors (Lipinski definition) is 8. The number of thiophene rings is 2. The second-order valence-electron chi connectivity index (χ2n) is 7.24. The van der Waals surface area contributed by atoms with E-state index in [9.17, 15) is 9.59 Å². The number of anilines is 1. The number of aryl methyl sites for hydroxylation is 2. The molecule has 1 N–H and O–H groups in total. The van der Waals surface area contributed by atoms with Gasteiger partial charge >= 0.3 is 5.97 Å². The van der Waals surface area contributed by atoms with Crippen LogP contribution in [0, 0.1) is 13.8 Å². The fourth-order valence-electron chi connectivity index (χ4n) is 3.43. The molecule has 4 rings (SSSR count). The maximum absolute atomic E-state index is 12.8. The zero-order valence-corrected chi connectivity index (χ0v) is 21.0. The van der Waals surface area contributed by atoms with Gasteiger partial charge in [0.25, 0.3) is 0 Å². The van der Waals surface area contributed by atoms with Gasteiger partial charge in [-0.25, -0.2) is 4.79 Å². The van der Waals surface area contributed by atoms with Crippen LogP contribution in [0.2, 0.25) is 0 Å². The number of hydrogen-bond donors (Lipinski definition) is 1. The lowest BCUT2D eigenvalue weighted by atomic mass is 10.0. The van der Waals surface area contributed by atoms with Crippen LogP contribution in [0.3, 0.4) is 0 Å². The van der Waals surface area contributed by atoms with Gasteiger partial charge in [0.2, 0.25) is 5.91 Å². The molecule has 0 bridgehead atoms. The summed E-state index contributed by atoms with van der Waals surface area (Å²) in [6.45, 7) is 3.97. The molecular weight excluding hydrogens is 476 g/mol. The van der Waals surface area contributed by atoms with Gasteiger partial charge in [-0.15, -0.1) is 32.9 Å². The summed E-state index contributed by atoms with van der Waals surface area (Å²) in [5.74, 6) is 0.177. The number of thioether (sulfide) groups is 1. The Bertz CT molecular complexity index is 1310. The van der Waals surface area contributed by atoms with Crippen molar-refractivity contribution in [1.82, 2.24) is 14.8 Å². The second-order valence-corrected chi connectivity index (χ2v) is 10.5. The molecule has 0 aliphatic carbocycles. The molecule has 0 spiro atoms. The zero-order chi connectivity index (χ0) is 23.5. The average Bonchev–Trinajstić information content (AvgIpc) is 3.49. The number of ether oxygens (including phenoxy) is 1. The molecule has 0 saturated heterocycles. The monoisotopic (exact) mass is 498 g/mol. The third kappa shape index (κ3) is 4.87. The minimum Gasteiger partial charge on any atom is -0.465 e. The van der Waals surface area contributed by atoms with Crippen molar-refractivity contribution in [1.29, 1.82) is 0 Å². The van der Waals surface area contributed by atoms with E-state index in [0.29, 0.717) is 15.7 Å². The fourth-order valence-corrected chi connectivity index (χ4v) is 5.90. The van der Waals surface area contributed by atoms with Crippen molar-refractivity contribution in [2.75, 3.05) is 18.2 Å². The Labute approximate surface area is 203 Å². The molecule has 1 amide bonds. The van der Waals surface area contributed by atoms with Gasteiger partial charge in [-0.2, -0.15) is 0 Å². The number of methoxy groups -OCH3 is 1. The topological polar surface area (TPSA) is 86.1 Å². The number of aromatic nitrogens is 3. The van der Waals surface area contributed by atoms with E-state index in [2.05, 4.69) is 21.6 Å². The number of carbonyl (C=O) groups is 2. The van der Waals surface area contributed by atoms with Crippen molar-refractivity contribution in [2.24, 2.45) is 7.05 Å². The summed E-state index contributed by atoms with van der Waals surface area (Å²) in [6.07, 6.45) is 0. The van der Waals surface area contributed by atoms with Crippen LogP contribution in [0.5, 0.6) is 0 Å². The fraction of sp³-hybridized carbons (Fsp3) is 0.217. The van der Waals surface area contributed by atoms with E-state index in [1.54, 1.807) is 11.3 Å². The first-order valence-electron chi connectivity index (χ1n) is 10.0. The molecule has 0 atom stereocenters. The van der Waals surface area contributed by atoms with Crippen molar-refractivity contribution in [3.05, 3.63) is 57.1 Å². The Morgan fingerprint density at radius 3 is 2.58 bits per heavy atom. The van der Waals surface area contributed by atoms with Gasteiger partial charge in [0.05, 0.1) is 12.9 Å². The maximum Gasteiger partial charge on any atom is 0.341 e. The first kappa shape index (κ1) is 23.2. The Hall–Kier alpha value is -2.95. The first-order chi connectivity index (χ1) is 15.9. The highest BCUT2D eigenvalue weighted by molar-refractivity contribution is 7.99. The number of nitrogens with one attached hydrogen (secondary N) is 1. The Morgan fingerprint density at radius 1 is 1.15 bits per heavy atom. The summed E-state index contributed by atoms with van der Waals surface area (Å²) in [6, 6.07) is 11.7. The lowest BCUT2D eigenvalue weighted by Gasteiger charge is -2.08.